The molecule has 2 heterocycles. The second kappa shape index (κ2) is 6.82. The average Bonchev–Trinajstić information content (AvgIpc) is 2.61. The third kappa shape index (κ3) is 3.36. The van der Waals surface area contributed by atoms with Crippen LogP contribution in [0.3, 0.4) is 0 Å². The number of amides is 1. The maximum atomic E-state index is 12.8. The summed E-state index contributed by atoms with van der Waals surface area (Å²) in [6.07, 6.45) is 3.78. The first kappa shape index (κ1) is 15.5. The van der Waals surface area contributed by atoms with Gasteiger partial charge in [-0.1, -0.05) is 29.8 Å². The lowest BCUT2D eigenvalue weighted by Gasteiger charge is -2.33. The van der Waals surface area contributed by atoms with Crippen LogP contribution in [-0.4, -0.2) is 36.0 Å². The third-order valence-corrected chi connectivity index (χ3v) is 4.42. The molecule has 1 aliphatic rings. The number of benzene rings is 1. The van der Waals surface area contributed by atoms with Crippen LogP contribution >= 0.6 is 0 Å². The smallest absolute Gasteiger partial charge is 0.259 e. The summed E-state index contributed by atoms with van der Waals surface area (Å²) in [5.74, 6) is 0.803. The molecule has 1 aromatic carbocycles. The minimum Gasteiger partial charge on any atom is -0.480 e. The minimum absolute atomic E-state index is 0.00676. The molecule has 1 amide bonds. The molecular formula is C19H22N2O2. The summed E-state index contributed by atoms with van der Waals surface area (Å²) >= 11 is 0. The monoisotopic (exact) mass is 310 g/mol. The van der Waals surface area contributed by atoms with Gasteiger partial charge in [0.05, 0.1) is 7.11 Å². The van der Waals surface area contributed by atoms with Gasteiger partial charge in [-0.2, -0.15) is 0 Å². The zero-order chi connectivity index (χ0) is 16.2. The van der Waals surface area contributed by atoms with E-state index >= 15 is 0 Å². The van der Waals surface area contributed by atoms with Gasteiger partial charge < -0.3 is 9.64 Å². The number of aromatic nitrogens is 1. The summed E-state index contributed by atoms with van der Waals surface area (Å²) in [5.41, 5.74) is 3.13. The Balaban J connectivity index is 1.79. The third-order valence-electron chi connectivity index (χ3n) is 4.42. The van der Waals surface area contributed by atoms with E-state index in [-0.39, 0.29) is 5.91 Å². The Morgan fingerprint density at radius 1 is 1.30 bits per heavy atom. The van der Waals surface area contributed by atoms with E-state index in [0.29, 0.717) is 17.4 Å². The maximum Gasteiger partial charge on any atom is 0.259 e. The molecule has 1 aliphatic heterocycles. The van der Waals surface area contributed by atoms with Crippen molar-refractivity contribution in [3.05, 3.63) is 59.3 Å². The van der Waals surface area contributed by atoms with Gasteiger partial charge in [0.1, 0.15) is 5.56 Å². The molecule has 0 radical (unpaired) electrons. The highest BCUT2D eigenvalue weighted by molar-refractivity contribution is 5.96. The van der Waals surface area contributed by atoms with E-state index in [4.69, 9.17) is 4.74 Å². The summed E-state index contributed by atoms with van der Waals surface area (Å²) < 4.78 is 5.23. The molecule has 1 atom stereocenters. The SMILES string of the molecule is COc1ncccc1C(=O)N1CCC[C@H](c2cccc(C)c2)C1. The first-order valence-electron chi connectivity index (χ1n) is 8.04. The zero-order valence-electron chi connectivity index (χ0n) is 13.7. The van der Waals surface area contributed by atoms with Crippen molar-refractivity contribution in [3.8, 4) is 5.88 Å². The van der Waals surface area contributed by atoms with E-state index in [2.05, 4.69) is 36.2 Å². The molecule has 3 rings (SSSR count). The summed E-state index contributed by atoms with van der Waals surface area (Å²) in [6, 6.07) is 12.1. The number of rotatable bonds is 3. The number of pyridine rings is 1. The molecule has 2 aromatic rings. The fourth-order valence-electron chi connectivity index (χ4n) is 3.24. The Morgan fingerprint density at radius 2 is 2.17 bits per heavy atom. The van der Waals surface area contributed by atoms with Crippen molar-refractivity contribution in [3.63, 3.8) is 0 Å². The molecule has 0 spiro atoms. The van der Waals surface area contributed by atoms with Crippen molar-refractivity contribution >= 4 is 5.91 Å². The van der Waals surface area contributed by atoms with Crippen LogP contribution in [0.1, 0.15) is 40.2 Å². The molecule has 1 saturated heterocycles. The molecule has 0 bridgehead atoms. The van der Waals surface area contributed by atoms with Crippen LogP contribution in [0.25, 0.3) is 0 Å². The summed E-state index contributed by atoms with van der Waals surface area (Å²) in [4.78, 5) is 18.9. The largest absolute Gasteiger partial charge is 0.480 e. The highest BCUT2D eigenvalue weighted by atomic mass is 16.5. The number of methoxy groups -OCH3 is 1. The second-order valence-electron chi connectivity index (χ2n) is 6.06. The molecule has 0 saturated carbocycles. The molecule has 4 heteroatoms. The van der Waals surface area contributed by atoms with Crippen molar-refractivity contribution < 1.29 is 9.53 Å². The van der Waals surface area contributed by atoms with Crippen LogP contribution in [0.15, 0.2) is 42.6 Å². The van der Waals surface area contributed by atoms with Crippen LogP contribution in [0.4, 0.5) is 0 Å². The molecule has 0 N–H and O–H groups in total. The van der Waals surface area contributed by atoms with E-state index in [0.717, 1.165) is 25.9 Å². The highest BCUT2D eigenvalue weighted by Gasteiger charge is 2.27. The number of nitrogens with zero attached hydrogens (tertiary/aromatic N) is 2. The fourth-order valence-corrected chi connectivity index (χ4v) is 3.24. The van der Waals surface area contributed by atoms with E-state index in [1.165, 1.54) is 11.1 Å². The Labute approximate surface area is 137 Å². The second-order valence-corrected chi connectivity index (χ2v) is 6.06. The average molecular weight is 310 g/mol. The van der Waals surface area contributed by atoms with Crippen LogP contribution in [0, 0.1) is 6.92 Å². The zero-order valence-corrected chi connectivity index (χ0v) is 13.7. The number of hydrogen-bond donors (Lipinski definition) is 0. The van der Waals surface area contributed by atoms with Gasteiger partial charge in [-0.15, -0.1) is 0 Å². The van der Waals surface area contributed by atoms with Crippen molar-refractivity contribution in [2.75, 3.05) is 20.2 Å². The number of ether oxygens (including phenoxy) is 1. The number of hydrogen-bond acceptors (Lipinski definition) is 3. The number of carbonyl (C=O) groups is 1. The summed E-state index contributed by atoms with van der Waals surface area (Å²) in [6.45, 7) is 3.65. The van der Waals surface area contributed by atoms with E-state index in [1.54, 1.807) is 25.4 Å². The number of likely N-dealkylation sites (tertiary alicyclic amines) is 1. The Kier molecular flexibility index (Phi) is 4.60. The molecule has 120 valence electrons. The Bertz CT molecular complexity index is 699. The fraction of sp³-hybridized carbons (Fsp3) is 0.368. The molecule has 4 nitrogen and oxygen atoms in total. The van der Waals surface area contributed by atoms with Crippen LogP contribution in [0.5, 0.6) is 5.88 Å². The van der Waals surface area contributed by atoms with Gasteiger partial charge in [0, 0.05) is 25.2 Å². The first-order chi connectivity index (χ1) is 11.2. The van der Waals surface area contributed by atoms with Crippen LogP contribution < -0.4 is 4.74 Å². The van der Waals surface area contributed by atoms with Gasteiger partial charge in [0.2, 0.25) is 5.88 Å². The minimum atomic E-state index is 0.00676. The molecule has 23 heavy (non-hydrogen) atoms. The van der Waals surface area contributed by atoms with E-state index in [9.17, 15) is 4.79 Å². The van der Waals surface area contributed by atoms with Crippen LogP contribution in [-0.2, 0) is 0 Å². The summed E-state index contributed by atoms with van der Waals surface area (Å²) in [7, 11) is 1.55. The van der Waals surface area contributed by atoms with Crippen molar-refractivity contribution in [2.24, 2.45) is 0 Å². The van der Waals surface area contributed by atoms with Crippen molar-refractivity contribution in [2.45, 2.75) is 25.7 Å². The van der Waals surface area contributed by atoms with Gasteiger partial charge in [0.15, 0.2) is 0 Å². The highest BCUT2D eigenvalue weighted by Crippen LogP contribution is 2.29. The van der Waals surface area contributed by atoms with Gasteiger partial charge in [0.25, 0.3) is 5.91 Å². The summed E-state index contributed by atoms with van der Waals surface area (Å²) in [5, 5.41) is 0. The topological polar surface area (TPSA) is 42.4 Å². The van der Waals surface area contributed by atoms with Gasteiger partial charge in [-0.25, -0.2) is 4.98 Å². The van der Waals surface area contributed by atoms with Gasteiger partial charge in [-0.05, 0) is 37.5 Å². The van der Waals surface area contributed by atoms with Crippen molar-refractivity contribution in [1.29, 1.82) is 0 Å². The van der Waals surface area contributed by atoms with E-state index in [1.807, 2.05) is 4.90 Å². The lowest BCUT2D eigenvalue weighted by Crippen LogP contribution is -2.39. The van der Waals surface area contributed by atoms with Gasteiger partial charge >= 0.3 is 0 Å². The number of carbonyl (C=O) groups excluding carboxylic acids is 1. The predicted octanol–water partition coefficient (Wildman–Crippen LogP) is 3.42. The predicted molar refractivity (Wildman–Crippen MR) is 89.8 cm³/mol. The molecule has 0 unspecified atom stereocenters. The van der Waals surface area contributed by atoms with Gasteiger partial charge in [-0.3, -0.25) is 4.79 Å². The molecule has 1 aromatic heterocycles. The maximum absolute atomic E-state index is 12.8. The standard InChI is InChI=1S/C19H22N2O2/c1-14-6-3-7-15(12-14)16-8-5-11-21(13-16)19(22)17-9-4-10-20-18(17)23-2/h3-4,6-7,9-10,12,16H,5,8,11,13H2,1-2H3/t16-/m0/s1. The van der Waals surface area contributed by atoms with Crippen LogP contribution in [0.2, 0.25) is 0 Å². The molecule has 1 fully saturated rings. The molecule has 0 aliphatic carbocycles. The first-order valence-corrected chi connectivity index (χ1v) is 8.04. The normalized spacial score (nSPS) is 17.8. The number of piperidine rings is 1. The van der Waals surface area contributed by atoms with E-state index < -0.39 is 0 Å². The quantitative estimate of drug-likeness (QED) is 0.872. The Hall–Kier alpha value is -2.36. The lowest BCUT2D eigenvalue weighted by atomic mass is 9.89. The lowest BCUT2D eigenvalue weighted by molar-refractivity contribution is 0.0703. The number of aryl methyl sites for hydroxylation is 1. The molecular weight excluding hydrogens is 288 g/mol. The Morgan fingerprint density at radius 3 is 2.96 bits per heavy atom. The van der Waals surface area contributed by atoms with Crippen molar-refractivity contribution in [1.82, 2.24) is 9.88 Å².